The zero-order chi connectivity index (χ0) is 18.7. The Labute approximate surface area is 166 Å². The van der Waals surface area contributed by atoms with Crippen LogP contribution in [-0.2, 0) is 16.4 Å². The van der Waals surface area contributed by atoms with Crippen molar-refractivity contribution >= 4 is 43.0 Å². The molecule has 5 nitrogen and oxygen atoms in total. The standard InChI is InChI=1S/C18H21BrN2O3S2/c1-26(23,24)15-5-3-14(4-6-15)13-20-9-2-10-21(12-11-20)18(22)16-7-8-17(19)25-16/h3-8H,2,9-13H2,1H3. The van der Waals surface area contributed by atoms with Crippen LogP contribution in [-0.4, -0.2) is 56.6 Å². The number of hydrogen-bond acceptors (Lipinski definition) is 5. The van der Waals surface area contributed by atoms with Gasteiger partial charge >= 0.3 is 0 Å². The third kappa shape index (κ3) is 4.94. The molecule has 0 spiro atoms. The topological polar surface area (TPSA) is 57.7 Å². The van der Waals surface area contributed by atoms with Crippen LogP contribution in [0.5, 0.6) is 0 Å². The van der Waals surface area contributed by atoms with Crippen LogP contribution in [0.1, 0.15) is 21.7 Å². The number of sulfone groups is 1. The fourth-order valence-electron chi connectivity index (χ4n) is 3.02. The fraction of sp³-hybridized carbons (Fsp3) is 0.389. The summed E-state index contributed by atoms with van der Waals surface area (Å²) >= 11 is 4.87. The molecule has 0 radical (unpaired) electrons. The molecule has 1 aromatic heterocycles. The van der Waals surface area contributed by atoms with Crippen molar-refractivity contribution in [3.05, 3.63) is 50.6 Å². The molecule has 1 amide bonds. The number of thiophene rings is 1. The summed E-state index contributed by atoms with van der Waals surface area (Å²) in [5, 5.41) is 0. The normalized spacial score (nSPS) is 16.5. The Balaban J connectivity index is 1.59. The molecule has 0 N–H and O–H groups in total. The lowest BCUT2D eigenvalue weighted by molar-refractivity contribution is 0.0766. The summed E-state index contributed by atoms with van der Waals surface area (Å²) in [4.78, 5) is 17.9. The number of carbonyl (C=O) groups excluding carboxylic acids is 1. The second-order valence-corrected chi connectivity index (χ2v) is 10.9. The van der Waals surface area contributed by atoms with E-state index in [1.165, 1.54) is 17.6 Å². The summed E-state index contributed by atoms with van der Waals surface area (Å²) in [5.41, 5.74) is 1.08. The van der Waals surface area contributed by atoms with Gasteiger partial charge in [-0.1, -0.05) is 12.1 Å². The molecule has 1 fully saturated rings. The zero-order valence-corrected chi connectivity index (χ0v) is 17.7. The molecule has 1 aliphatic heterocycles. The van der Waals surface area contributed by atoms with Crippen LogP contribution in [0.25, 0.3) is 0 Å². The molecular formula is C18H21BrN2O3S2. The van der Waals surface area contributed by atoms with Crippen LogP contribution >= 0.6 is 27.3 Å². The SMILES string of the molecule is CS(=O)(=O)c1ccc(CN2CCCN(C(=O)c3ccc(Br)s3)CC2)cc1. The predicted molar refractivity (Wildman–Crippen MR) is 107 cm³/mol. The van der Waals surface area contributed by atoms with Crippen LogP contribution in [0.4, 0.5) is 0 Å². The van der Waals surface area contributed by atoms with Crippen LogP contribution in [0, 0.1) is 0 Å². The van der Waals surface area contributed by atoms with E-state index in [4.69, 9.17) is 0 Å². The van der Waals surface area contributed by atoms with Crippen LogP contribution in [0.3, 0.4) is 0 Å². The van der Waals surface area contributed by atoms with E-state index in [0.29, 0.717) is 11.4 Å². The van der Waals surface area contributed by atoms with Gasteiger partial charge in [-0.25, -0.2) is 8.42 Å². The van der Waals surface area contributed by atoms with E-state index < -0.39 is 9.84 Å². The van der Waals surface area contributed by atoms with Crippen molar-refractivity contribution < 1.29 is 13.2 Å². The minimum atomic E-state index is -3.16. The Hall–Kier alpha value is -1.22. The molecule has 0 aliphatic carbocycles. The van der Waals surface area contributed by atoms with Crippen molar-refractivity contribution in [3.8, 4) is 0 Å². The second-order valence-electron chi connectivity index (χ2n) is 6.44. The highest BCUT2D eigenvalue weighted by Gasteiger charge is 2.21. The van der Waals surface area contributed by atoms with Crippen LogP contribution in [0.2, 0.25) is 0 Å². The molecule has 8 heteroatoms. The molecule has 1 aromatic carbocycles. The Bertz CT molecular complexity index is 878. The van der Waals surface area contributed by atoms with Gasteiger partial charge in [0, 0.05) is 39.0 Å². The highest BCUT2D eigenvalue weighted by Crippen LogP contribution is 2.24. The van der Waals surface area contributed by atoms with Crippen LogP contribution in [0.15, 0.2) is 45.1 Å². The molecule has 0 bridgehead atoms. The Morgan fingerprint density at radius 1 is 1.08 bits per heavy atom. The summed E-state index contributed by atoms with van der Waals surface area (Å²) < 4.78 is 24.1. The van der Waals surface area contributed by atoms with E-state index >= 15 is 0 Å². The maximum Gasteiger partial charge on any atom is 0.264 e. The van der Waals surface area contributed by atoms with Gasteiger partial charge in [0.1, 0.15) is 0 Å². The van der Waals surface area contributed by atoms with E-state index in [1.807, 2.05) is 29.2 Å². The van der Waals surface area contributed by atoms with Gasteiger partial charge in [0.25, 0.3) is 5.91 Å². The fourth-order valence-corrected chi connectivity index (χ4v) is 5.00. The minimum Gasteiger partial charge on any atom is -0.337 e. The number of nitrogens with zero attached hydrogens (tertiary/aromatic N) is 2. The first-order valence-corrected chi connectivity index (χ1v) is 11.9. The Morgan fingerprint density at radius 2 is 1.81 bits per heavy atom. The highest BCUT2D eigenvalue weighted by atomic mass is 79.9. The maximum absolute atomic E-state index is 12.6. The quantitative estimate of drug-likeness (QED) is 0.708. The van der Waals surface area contributed by atoms with Gasteiger partial charge < -0.3 is 4.90 Å². The van der Waals surface area contributed by atoms with Crippen molar-refractivity contribution in [1.82, 2.24) is 9.80 Å². The lowest BCUT2D eigenvalue weighted by Crippen LogP contribution is -2.34. The van der Waals surface area contributed by atoms with Gasteiger partial charge in [-0.15, -0.1) is 11.3 Å². The molecule has 140 valence electrons. The number of amides is 1. The first kappa shape index (κ1) is 19.5. The molecule has 0 atom stereocenters. The molecule has 3 rings (SSSR count). The van der Waals surface area contributed by atoms with Crippen molar-refractivity contribution in [1.29, 1.82) is 0 Å². The molecule has 1 aliphatic rings. The van der Waals surface area contributed by atoms with Gasteiger partial charge in [0.15, 0.2) is 9.84 Å². The summed E-state index contributed by atoms with van der Waals surface area (Å²) in [6.45, 7) is 3.96. The highest BCUT2D eigenvalue weighted by molar-refractivity contribution is 9.11. The number of carbonyl (C=O) groups is 1. The van der Waals surface area contributed by atoms with Gasteiger partial charge in [-0.2, -0.15) is 0 Å². The largest absolute Gasteiger partial charge is 0.337 e. The van der Waals surface area contributed by atoms with Gasteiger partial charge in [-0.05, 0) is 52.2 Å². The predicted octanol–water partition coefficient (Wildman–Crippen LogP) is 3.26. The van der Waals surface area contributed by atoms with E-state index in [2.05, 4.69) is 20.8 Å². The van der Waals surface area contributed by atoms with Crippen molar-refractivity contribution in [2.45, 2.75) is 17.9 Å². The smallest absolute Gasteiger partial charge is 0.264 e. The van der Waals surface area contributed by atoms with E-state index in [9.17, 15) is 13.2 Å². The summed E-state index contributed by atoms with van der Waals surface area (Å²) in [6.07, 6.45) is 2.15. The maximum atomic E-state index is 12.6. The number of hydrogen-bond donors (Lipinski definition) is 0. The first-order valence-electron chi connectivity index (χ1n) is 8.39. The monoisotopic (exact) mass is 456 g/mol. The number of halogens is 1. The lowest BCUT2D eigenvalue weighted by Gasteiger charge is -2.21. The van der Waals surface area contributed by atoms with E-state index in [1.54, 1.807) is 12.1 Å². The summed E-state index contributed by atoms with van der Waals surface area (Å²) in [7, 11) is -3.16. The second kappa shape index (κ2) is 8.21. The molecule has 2 aromatic rings. The Kier molecular flexibility index (Phi) is 6.17. The average molecular weight is 457 g/mol. The molecule has 0 unspecified atom stereocenters. The average Bonchev–Trinajstić information content (AvgIpc) is 2.89. The molecule has 0 saturated carbocycles. The molecule has 26 heavy (non-hydrogen) atoms. The van der Waals surface area contributed by atoms with Gasteiger partial charge in [-0.3, -0.25) is 9.69 Å². The minimum absolute atomic E-state index is 0.0973. The van der Waals surface area contributed by atoms with E-state index in [0.717, 1.165) is 46.8 Å². The van der Waals surface area contributed by atoms with Crippen molar-refractivity contribution in [2.75, 3.05) is 32.4 Å². The van der Waals surface area contributed by atoms with Gasteiger partial charge in [0.2, 0.25) is 0 Å². The summed E-state index contributed by atoms with van der Waals surface area (Å²) in [5.74, 6) is 0.0973. The third-order valence-electron chi connectivity index (χ3n) is 4.42. The van der Waals surface area contributed by atoms with Gasteiger partial charge in [0.05, 0.1) is 13.6 Å². The zero-order valence-electron chi connectivity index (χ0n) is 14.5. The number of rotatable bonds is 4. The summed E-state index contributed by atoms with van der Waals surface area (Å²) in [6, 6.07) is 10.8. The molecule has 2 heterocycles. The lowest BCUT2D eigenvalue weighted by atomic mass is 10.2. The Morgan fingerprint density at radius 3 is 2.42 bits per heavy atom. The van der Waals surface area contributed by atoms with E-state index in [-0.39, 0.29) is 5.91 Å². The molecular weight excluding hydrogens is 436 g/mol. The van der Waals surface area contributed by atoms with Crippen LogP contribution < -0.4 is 0 Å². The number of benzene rings is 1. The first-order chi connectivity index (χ1) is 12.3. The van der Waals surface area contributed by atoms with Crippen molar-refractivity contribution in [3.63, 3.8) is 0 Å². The van der Waals surface area contributed by atoms with Crippen molar-refractivity contribution in [2.24, 2.45) is 0 Å². The molecule has 1 saturated heterocycles. The third-order valence-corrected chi connectivity index (χ3v) is 7.16.